The molecule has 3 heteroatoms. The second-order valence-electron chi connectivity index (χ2n) is 5.27. The van der Waals surface area contributed by atoms with E-state index < -0.39 is 5.54 Å². The summed E-state index contributed by atoms with van der Waals surface area (Å²) >= 11 is 6.00. The molecule has 1 aromatic carbocycles. The van der Waals surface area contributed by atoms with Crippen molar-refractivity contribution < 1.29 is 4.39 Å². The zero-order valence-corrected chi connectivity index (χ0v) is 9.74. The molecule has 0 heterocycles. The maximum atomic E-state index is 13.7. The summed E-state index contributed by atoms with van der Waals surface area (Å²) in [5.41, 5.74) is 6.27. The molecule has 0 atom stereocenters. The molecule has 0 saturated heterocycles. The van der Waals surface area contributed by atoms with E-state index >= 15 is 0 Å². The molecule has 0 radical (unpaired) electrons. The average molecular weight is 228 g/mol. The fourth-order valence-corrected chi connectivity index (χ4v) is 3.16. The van der Waals surface area contributed by atoms with Crippen LogP contribution in [0.15, 0.2) is 18.2 Å². The van der Waals surface area contributed by atoms with Crippen molar-refractivity contribution >= 4 is 11.6 Å². The molecule has 15 heavy (non-hydrogen) atoms. The van der Waals surface area contributed by atoms with Gasteiger partial charge in [-0.15, -0.1) is 0 Å². The highest BCUT2D eigenvalue weighted by atomic mass is 35.5. The Balaban J connectivity index is 2.39. The van der Waals surface area contributed by atoms with Crippen LogP contribution in [0.5, 0.6) is 0 Å². The molecule has 1 aliphatic carbocycles. The minimum absolute atomic E-state index is 0.195. The van der Waals surface area contributed by atoms with Crippen LogP contribution in [0.2, 0.25) is 5.02 Å². The third-order valence-electron chi connectivity index (χ3n) is 3.05. The van der Waals surface area contributed by atoms with Crippen LogP contribution in [-0.4, -0.2) is 0 Å². The monoisotopic (exact) mass is 227 g/mol. The Kier molecular flexibility index (Phi) is 2.32. The second kappa shape index (κ2) is 3.19. The molecule has 82 valence electrons. The number of halogens is 2. The van der Waals surface area contributed by atoms with E-state index in [0.29, 0.717) is 10.6 Å². The van der Waals surface area contributed by atoms with Gasteiger partial charge in [-0.25, -0.2) is 4.39 Å². The van der Waals surface area contributed by atoms with E-state index in [4.69, 9.17) is 17.3 Å². The maximum absolute atomic E-state index is 13.7. The van der Waals surface area contributed by atoms with Crippen molar-refractivity contribution in [3.05, 3.63) is 34.6 Å². The van der Waals surface area contributed by atoms with Gasteiger partial charge in [0, 0.05) is 16.1 Å². The van der Waals surface area contributed by atoms with E-state index in [1.807, 2.05) is 0 Å². The number of hydrogen-bond acceptors (Lipinski definition) is 1. The fraction of sp³-hybridized carbons (Fsp3) is 0.500. The summed E-state index contributed by atoms with van der Waals surface area (Å²) in [7, 11) is 0. The van der Waals surface area contributed by atoms with E-state index in [9.17, 15) is 4.39 Å². The number of nitrogens with two attached hydrogens (primary N) is 1. The van der Waals surface area contributed by atoms with Crippen LogP contribution in [0.4, 0.5) is 4.39 Å². The van der Waals surface area contributed by atoms with Crippen LogP contribution in [0.25, 0.3) is 0 Å². The molecule has 1 fully saturated rings. The molecule has 0 spiro atoms. The van der Waals surface area contributed by atoms with Gasteiger partial charge < -0.3 is 5.73 Å². The lowest BCUT2D eigenvalue weighted by Crippen LogP contribution is -2.53. The van der Waals surface area contributed by atoms with Crippen molar-refractivity contribution in [1.29, 1.82) is 0 Å². The summed E-state index contributed by atoms with van der Waals surface area (Å²) in [5, 5.41) is 0.438. The van der Waals surface area contributed by atoms with Crippen LogP contribution in [0.3, 0.4) is 0 Å². The first kappa shape index (κ1) is 10.9. The standard InChI is InChI=1S/C12H15ClFN/c1-11(2)6-12(15,7-11)10-8(13)4-3-5-9(10)14/h3-5H,6-7,15H2,1-2H3. The Hall–Kier alpha value is -0.600. The Morgan fingerprint density at radius 3 is 2.40 bits per heavy atom. The van der Waals surface area contributed by atoms with Gasteiger partial charge in [-0.3, -0.25) is 0 Å². The van der Waals surface area contributed by atoms with Crippen LogP contribution in [0.1, 0.15) is 32.3 Å². The fourth-order valence-electron chi connectivity index (χ4n) is 2.81. The van der Waals surface area contributed by atoms with E-state index in [0.717, 1.165) is 12.8 Å². The quantitative estimate of drug-likeness (QED) is 0.782. The van der Waals surface area contributed by atoms with Crippen molar-refractivity contribution in [2.75, 3.05) is 0 Å². The largest absolute Gasteiger partial charge is 0.321 e. The van der Waals surface area contributed by atoms with Gasteiger partial charge in [0.05, 0.1) is 0 Å². The molecule has 2 rings (SSSR count). The highest BCUT2D eigenvalue weighted by Gasteiger charge is 2.49. The Morgan fingerprint density at radius 1 is 1.33 bits per heavy atom. The van der Waals surface area contributed by atoms with Crippen LogP contribution in [-0.2, 0) is 5.54 Å². The normalized spacial score (nSPS) is 22.2. The van der Waals surface area contributed by atoms with Crippen molar-refractivity contribution in [1.82, 2.24) is 0 Å². The molecule has 1 nitrogen and oxygen atoms in total. The molecule has 1 aromatic rings. The predicted molar refractivity (Wildman–Crippen MR) is 60.3 cm³/mol. The van der Waals surface area contributed by atoms with Gasteiger partial charge in [-0.2, -0.15) is 0 Å². The van der Waals surface area contributed by atoms with Crippen LogP contribution >= 0.6 is 11.6 Å². The summed E-state index contributed by atoms with van der Waals surface area (Å²) in [6, 6.07) is 4.72. The summed E-state index contributed by atoms with van der Waals surface area (Å²) in [6.45, 7) is 4.26. The SMILES string of the molecule is CC1(C)CC(N)(c2c(F)cccc2Cl)C1. The third-order valence-corrected chi connectivity index (χ3v) is 3.36. The van der Waals surface area contributed by atoms with Crippen molar-refractivity contribution in [2.24, 2.45) is 11.1 Å². The highest BCUT2D eigenvalue weighted by molar-refractivity contribution is 6.31. The van der Waals surface area contributed by atoms with Crippen LogP contribution in [0, 0.1) is 11.2 Å². The minimum Gasteiger partial charge on any atom is -0.321 e. The van der Waals surface area contributed by atoms with E-state index in [1.165, 1.54) is 6.07 Å². The van der Waals surface area contributed by atoms with Gasteiger partial charge in [-0.05, 0) is 30.4 Å². The molecular weight excluding hydrogens is 213 g/mol. The lowest BCUT2D eigenvalue weighted by molar-refractivity contribution is 0.0591. The first-order valence-corrected chi connectivity index (χ1v) is 5.45. The molecule has 0 bridgehead atoms. The summed E-state index contributed by atoms with van der Waals surface area (Å²) in [5.74, 6) is -0.291. The van der Waals surface area contributed by atoms with Crippen molar-refractivity contribution in [2.45, 2.75) is 32.2 Å². The zero-order chi connectivity index (χ0) is 11.3. The van der Waals surface area contributed by atoms with Crippen LogP contribution < -0.4 is 5.73 Å². The first-order valence-electron chi connectivity index (χ1n) is 5.07. The Labute approximate surface area is 94.4 Å². The second-order valence-corrected chi connectivity index (χ2v) is 5.68. The van der Waals surface area contributed by atoms with Gasteiger partial charge >= 0.3 is 0 Å². The number of hydrogen-bond donors (Lipinski definition) is 1. The first-order chi connectivity index (χ1) is 6.84. The molecule has 0 amide bonds. The predicted octanol–water partition coefficient (Wildman–Crippen LogP) is 3.45. The van der Waals surface area contributed by atoms with Gasteiger partial charge in [0.2, 0.25) is 0 Å². The van der Waals surface area contributed by atoms with Gasteiger partial charge in [-0.1, -0.05) is 31.5 Å². The zero-order valence-electron chi connectivity index (χ0n) is 8.98. The Bertz CT molecular complexity index is 372. The molecule has 1 aliphatic rings. The van der Waals surface area contributed by atoms with Gasteiger partial charge in [0.1, 0.15) is 5.82 Å². The van der Waals surface area contributed by atoms with Gasteiger partial charge in [0.15, 0.2) is 0 Å². The van der Waals surface area contributed by atoms with E-state index in [-0.39, 0.29) is 11.2 Å². The minimum atomic E-state index is -0.577. The molecule has 1 saturated carbocycles. The maximum Gasteiger partial charge on any atom is 0.129 e. The van der Waals surface area contributed by atoms with E-state index in [1.54, 1.807) is 12.1 Å². The summed E-state index contributed by atoms with van der Waals surface area (Å²) in [6.07, 6.45) is 1.56. The lowest BCUT2D eigenvalue weighted by atomic mass is 9.57. The molecular formula is C12H15ClFN. The Morgan fingerprint density at radius 2 is 1.93 bits per heavy atom. The molecule has 0 aliphatic heterocycles. The number of rotatable bonds is 1. The van der Waals surface area contributed by atoms with Gasteiger partial charge in [0.25, 0.3) is 0 Å². The van der Waals surface area contributed by atoms with Crippen molar-refractivity contribution in [3.8, 4) is 0 Å². The third kappa shape index (κ3) is 1.77. The number of benzene rings is 1. The lowest BCUT2D eigenvalue weighted by Gasteiger charge is -2.51. The average Bonchev–Trinajstić information content (AvgIpc) is 1.98. The summed E-state index contributed by atoms with van der Waals surface area (Å²) < 4.78 is 13.7. The highest BCUT2D eigenvalue weighted by Crippen LogP contribution is 2.53. The topological polar surface area (TPSA) is 26.0 Å². The van der Waals surface area contributed by atoms with E-state index in [2.05, 4.69) is 13.8 Å². The summed E-state index contributed by atoms with van der Waals surface area (Å²) in [4.78, 5) is 0. The van der Waals surface area contributed by atoms with Crippen molar-refractivity contribution in [3.63, 3.8) is 0 Å². The molecule has 0 unspecified atom stereocenters. The molecule has 0 aromatic heterocycles. The molecule has 2 N–H and O–H groups in total. The smallest absolute Gasteiger partial charge is 0.129 e.